The fraction of sp³-hybridized carbons (Fsp3) is 0.143. The van der Waals surface area contributed by atoms with Crippen molar-refractivity contribution in [1.29, 1.82) is 0 Å². The summed E-state index contributed by atoms with van der Waals surface area (Å²) in [5, 5.41) is 0.558. The third-order valence-electron chi connectivity index (χ3n) is 3.05. The van der Waals surface area contributed by atoms with Gasteiger partial charge in [-0.05, 0) is 29.8 Å². The SMILES string of the molecule is Nc1ccc(CN2C(=O)COc3ccc(Cl)cc32)cn1. The van der Waals surface area contributed by atoms with Crippen molar-refractivity contribution in [2.24, 2.45) is 0 Å². The van der Waals surface area contributed by atoms with Crippen LogP contribution in [0.4, 0.5) is 11.5 Å². The van der Waals surface area contributed by atoms with Crippen molar-refractivity contribution in [1.82, 2.24) is 4.98 Å². The van der Waals surface area contributed by atoms with Crippen molar-refractivity contribution in [3.8, 4) is 5.75 Å². The second-order valence-electron chi connectivity index (χ2n) is 4.47. The predicted molar refractivity (Wildman–Crippen MR) is 76.8 cm³/mol. The van der Waals surface area contributed by atoms with Crippen LogP contribution in [0.1, 0.15) is 5.56 Å². The molecule has 6 heteroatoms. The number of amides is 1. The molecule has 0 saturated carbocycles. The van der Waals surface area contributed by atoms with Gasteiger partial charge in [-0.15, -0.1) is 0 Å². The van der Waals surface area contributed by atoms with Gasteiger partial charge in [0, 0.05) is 11.2 Å². The lowest BCUT2D eigenvalue weighted by Gasteiger charge is -2.29. The molecule has 0 unspecified atom stereocenters. The third kappa shape index (κ3) is 2.40. The van der Waals surface area contributed by atoms with E-state index in [1.165, 1.54) is 0 Å². The summed E-state index contributed by atoms with van der Waals surface area (Å²) in [6, 6.07) is 8.77. The van der Waals surface area contributed by atoms with Crippen LogP contribution >= 0.6 is 11.6 Å². The molecule has 1 aliphatic heterocycles. The number of pyridine rings is 1. The van der Waals surface area contributed by atoms with Gasteiger partial charge in [-0.2, -0.15) is 0 Å². The quantitative estimate of drug-likeness (QED) is 0.920. The van der Waals surface area contributed by atoms with E-state index in [9.17, 15) is 4.79 Å². The number of benzene rings is 1. The number of nitrogens with two attached hydrogens (primary N) is 1. The topological polar surface area (TPSA) is 68.5 Å². The molecule has 5 nitrogen and oxygen atoms in total. The number of fused-ring (bicyclic) bond motifs is 1. The standard InChI is InChI=1S/C14H12ClN3O2/c15-10-2-3-12-11(5-10)18(14(19)8-20-12)7-9-1-4-13(16)17-6-9/h1-6H,7-8H2,(H2,16,17). The lowest BCUT2D eigenvalue weighted by molar-refractivity contribution is -0.121. The van der Waals surface area contributed by atoms with Gasteiger partial charge in [0.05, 0.1) is 12.2 Å². The van der Waals surface area contributed by atoms with Crippen molar-refractivity contribution in [2.45, 2.75) is 6.54 Å². The van der Waals surface area contributed by atoms with Crippen LogP contribution in [-0.4, -0.2) is 17.5 Å². The Morgan fingerprint density at radius 1 is 1.35 bits per heavy atom. The monoisotopic (exact) mass is 289 g/mol. The van der Waals surface area contributed by atoms with Gasteiger partial charge in [-0.3, -0.25) is 4.79 Å². The Morgan fingerprint density at radius 3 is 2.95 bits per heavy atom. The summed E-state index contributed by atoms with van der Waals surface area (Å²) < 4.78 is 5.39. The van der Waals surface area contributed by atoms with Gasteiger partial charge in [0.1, 0.15) is 11.6 Å². The van der Waals surface area contributed by atoms with E-state index in [2.05, 4.69) is 4.98 Å². The fourth-order valence-electron chi connectivity index (χ4n) is 2.06. The second-order valence-corrected chi connectivity index (χ2v) is 4.91. The number of carbonyl (C=O) groups is 1. The highest BCUT2D eigenvalue weighted by Gasteiger charge is 2.25. The maximum atomic E-state index is 12.1. The molecule has 2 heterocycles. The van der Waals surface area contributed by atoms with E-state index in [-0.39, 0.29) is 12.5 Å². The van der Waals surface area contributed by atoms with E-state index in [1.54, 1.807) is 35.4 Å². The number of halogens is 1. The van der Waals surface area contributed by atoms with E-state index in [1.807, 2.05) is 6.07 Å². The van der Waals surface area contributed by atoms with Crippen molar-refractivity contribution in [2.75, 3.05) is 17.2 Å². The molecule has 0 atom stereocenters. The first-order valence-electron chi connectivity index (χ1n) is 6.06. The number of anilines is 2. The zero-order chi connectivity index (χ0) is 14.1. The highest BCUT2D eigenvalue weighted by molar-refractivity contribution is 6.31. The highest BCUT2D eigenvalue weighted by atomic mass is 35.5. The number of nitrogens with zero attached hydrogens (tertiary/aromatic N) is 2. The summed E-state index contributed by atoms with van der Waals surface area (Å²) in [5.41, 5.74) is 7.12. The van der Waals surface area contributed by atoms with Gasteiger partial charge in [0.15, 0.2) is 6.61 Å². The second kappa shape index (κ2) is 5.02. The van der Waals surface area contributed by atoms with Crippen molar-refractivity contribution in [3.63, 3.8) is 0 Å². The molecule has 1 amide bonds. The smallest absolute Gasteiger partial charge is 0.265 e. The largest absolute Gasteiger partial charge is 0.482 e. The molecule has 3 rings (SSSR count). The van der Waals surface area contributed by atoms with Crippen molar-refractivity contribution < 1.29 is 9.53 Å². The summed E-state index contributed by atoms with van der Waals surface area (Å²) >= 11 is 5.99. The van der Waals surface area contributed by atoms with Crippen LogP contribution < -0.4 is 15.4 Å². The first-order valence-corrected chi connectivity index (χ1v) is 6.44. The van der Waals surface area contributed by atoms with E-state index in [4.69, 9.17) is 22.1 Å². The van der Waals surface area contributed by atoms with Gasteiger partial charge >= 0.3 is 0 Å². The summed E-state index contributed by atoms with van der Waals surface area (Å²) in [4.78, 5) is 17.7. The zero-order valence-corrected chi connectivity index (χ0v) is 11.3. The van der Waals surface area contributed by atoms with Crippen LogP contribution in [0.2, 0.25) is 5.02 Å². The molecule has 0 radical (unpaired) electrons. The molecule has 0 saturated heterocycles. The average molecular weight is 290 g/mol. The molecule has 0 aliphatic carbocycles. The first kappa shape index (κ1) is 12.7. The minimum atomic E-state index is -0.114. The Bertz CT molecular complexity index is 658. The van der Waals surface area contributed by atoms with Crippen LogP contribution in [0.5, 0.6) is 5.75 Å². The molecule has 0 fully saturated rings. The number of hydrogen-bond acceptors (Lipinski definition) is 4. The molecular weight excluding hydrogens is 278 g/mol. The number of nitrogen functional groups attached to an aromatic ring is 1. The number of aromatic nitrogens is 1. The van der Waals surface area contributed by atoms with Crippen molar-refractivity contribution in [3.05, 3.63) is 47.1 Å². The van der Waals surface area contributed by atoms with Crippen LogP contribution in [-0.2, 0) is 11.3 Å². The van der Waals surface area contributed by atoms with E-state index in [0.29, 0.717) is 28.8 Å². The number of carbonyl (C=O) groups excluding carboxylic acids is 1. The number of hydrogen-bond donors (Lipinski definition) is 1. The van der Waals surface area contributed by atoms with Crippen LogP contribution in [0, 0.1) is 0 Å². The van der Waals surface area contributed by atoms with E-state index < -0.39 is 0 Å². The molecule has 2 aromatic rings. The Hall–Kier alpha value is -2.27. The average Bonchev–Trinajstić information content (AvgIpc) is 2.44. The van der Waals surface area contributed by atoms with E-state index in [0.717, 1.165) is 5.56 Å². The minimum absolute atomic E-state index is 0.0248. The molecule has 0 spiro atoms. The lowest BCUT2D eigenvalue weighted by Crippen LogP contribution is -2.38. The minimum Gasteiger partial charge on any atom is -0.482 e. The van der Waals surface area contributed by atoms with Crippen molar-refractivity contribution >= 4 is 29.0 Å². The van der Waals surface area contributed by atoms with Gasteiger partial charge < -0.3 is 15.4 Å². The van der Waals surface area contributed by atoms with Gasteiger partial charge in [0.2, 0.25) is 0 Å². The summed E-state index contributed by atoms with van der Waals surface area (Å²) in [6.45, 7) is 0.430. The molecule has 0 bridgehead atoms. The van der Waals surface area contributed by atoms with Gasteiger partial charge in [0.25, 0.3) is 5.91 Å². The summed E-state index contributed by atoms with van der Waals surface area (Å²) in [6.07, 6.45) is 1.66. The predicted octanol–water partition coefficient (Wildman–Crippen LogP) is 2.24. The Labute approximate surface area is 120 Å². The molecule has 1 aliphatic rings. The Balaban J connectivity index is 1.94. The summed E-state index contributed by atoms with van der Waals surface area (Å²) in [7, 11) is 0. The van der Waals surface area contributed by atoms with E-state index >= 15 is 0 Å². The molecule has 20 heavy (non-hydrogen) atoms. The van der Waals surface area contributed by atoms with Gasteiger partial charge in [-0.1, -0.05) is 17.7 Å². The molecule has 102 valence electrons. The molecule has 2 N–H and O–H groups in total. The lowest BCUT2D eigenvalue weighted by atomic mass is 10.2. The third-order valence-corrected chi connectivity index (χ3v) is 3.29. The van der Waals surface area contributed by atoms with Crippen LogP contribution in [0.25, 0.3) is 0 Å². The number of rotatable bonds is 2. The van der Waals surface area contributed by atoms with Crippen LogP contribution in [0.3, 0.4) is 0 Å². The normalized spacial score (nSPS) is 13.8. The Morgan fingerprint density at radius 2 is 2.20 bits per heavy atom. The maximum absolute atomic E-state index is 12.1. The molecular formula is C14H12ClN3O2. The first-order chi connectivity index (χ1) is 9.63. The number of ether oxygens (including phenoxy) is 1. The zero-order valence-electron chi connectivity index (χ0n) is 10.5. The van der Waals surface area contributed by atoms with Gasteiger partial charge in [-0.25, -0.2) is 4.98 Å². The highest BCUT2D eigenvalue weighted by Crippen LogP contribution is 2.35. The molecule has 1 aromatic carbocycles. The maximum Gasteiger partial charge on any atom is 0.265 e. The summed E-state index contributed by atoms with van der Waals surface area (Å²) in [5.74, 6) is 0.986. The fourth-order valence-corrected chi connectivity index (χ4v) is 2.23. The Kier molecular flexibility index (Phi) is 3.20. The molecule has 1 aromatic heterocycles. The van der Waals surface area contributed by atoms with Crippen LogP contribution in [0.15, 0.2) is 36.5 Å².